The van der Waals surface area contributed by atoms with Gasteiger partial charge in [-0.15, -0.1) is 0 Å². The van der Waals surface area contributed by atoms with Crippen LogP contribution in [-0.2, 0) is 19.2 Å². The Bertz CT molecular complexity index is 1710. The van der Waals surface area contributed by atoms with Gasteiger partial charge in [0.25, 0.3) is 0 Å². The quantitative estimate of drug-likeness (QED) is 0.246. The van der Waals surface area contributed by atoms with E-state index in [1.165, 1.54) is 24.3 Å². The zero-order chi connectivity index (χ0) is 41.3. The Morgan fingerprint density at radius 3 is 1.32 bits per heavy atom. The Hall–Kier alpha value is -2.74. The number of fused-ring (bicyclic) bond motifs is 10. The Morgan fingerprint density at radius 1 is 0.661 bits per heavy atom. The number of halogens is 2. The van der Waals surface area contributed by atoms with E-state index >= 15 is 8.78 Å². The molecule has 0 spiro atoms. The molecule has 0 bridgehead atoms. The van der Waals surface area contributed by atoms with Gasteiger partial charge in [-0.25, -0.2) is 8.78 Å². The molecule has 0 radical (unpaired) electrons. The van der Waals surface area contributed by atoms with Crippen molar-refractivity contribution in [2.24, 2.45) is 69.0 Å². The molecule has 10 nitrogen and oxygen atoms in total. The molecule has 8 rings (SSSR count). The fourth-order valence-corrected chi connectivity index (χ4v) is 14.8. The number of carbonyl (C=O) groups is 4. The Morgan fingerprint density at radius 2 is 1.00 bits per heavy atom. The van der Waals surface area contributed by atoms with Crippen molar-refractivity contribution in [1.82, 2.24) is 0 Å². The lowest BCUT2D eigenvalue weighted by Crippen LogP contribution is -2.63. The van der Waals surface area contributed by atoms with Crippen molar-refractivity contribution in [3.8, 4) is 0 Å². The maximum absolute atomic E-state index is 15.2. The molecular formula is C44H58F2O10. The predicted molar refractivity (Wildman–Crippen MR) is 200 cm³/mol. The first-order chi connectivity index (χ1) is 26.0. The maximum atomic E-state index is 15.2. The third-order valence-electron chi connectivity index (χ3n) is 17.3. The van der Waals surface area contributed by atoms with Gasteiger partial charge in [0.15, 0.2) is 23.1 Å². The van der Waals surface area contributed by atoms with E-state index in [2.05, 4.69) is 0 Å². The summed E-state index contributed by atoms with van der Waals surface area (Å²) in [5, 5.41) is 64.1. The number of aliphatic hydroxyl groups excluding tert-OH is 4. The van der Waals surface area contributed by atoms with Gasteiger partial charge in [0.2, 0.25) is 0 Å². The number of allylic oxidation sites excluding steroid dienone is 8. The van der Waals surface area contributed by atoms with Crippen LogP contribution in [0.25, 0.3) is 0 Å². The summed E-state index contributed by atoms with van der Waals surface area (Å²) in [6.07, 6.45) is 6.59. The number of rotatable bonds is 4. The number of carbonyl (C=O) groups excluding carboxylic acids is 4. The van der Waals surface area contributed by atoms with E-state index in [-0.39, 0.29) is 84.6 Å². The zero-order valence-electron chi connectivity index (χ0n) is 33.1. The van der Waals surface area contributed by atoms with Crippen molar-refractivity contribution in [3.63, 3.8) is 0 Å². The molecule has 0 saturated heterocycles. The first-order valence-electron chi connectivity index (χ1n) is 20.3. The monoisotopic (exact) mass is 784 g/mol. The molecule has 0 aromatic rings. The van der Waals surface area contributed by atoms with E-state index in [0.29, 0.717) is 24.0 Å². The molecule has 12 heteroatoms. The second kappa shape index (κ2) is 13.4. The van der Waals surface area contributed by atoms with E-state index in [1.54, 1.807) is 39.8 Å². The summed E-state index contributed by atoms with van der Waals surface area (Å²) < 4.78 is 30.5. The third-order valence-corrected chi connectivity index (χ3v) is 17.3. The molecule has 6 fully saturated rings. The van der Waals surface area contributed by atoms with E-state index in [4.69, 9.17) is 0 Å². The Kier molecular flexibility index (Phi) is 9.91. The summed E-state index contributed by atoms with van der Waals surface area (Å²) in [5.41, 5.74) is -6.01. The van der Waals surface area contributed by atoms with Crippen molar-refractivity contribution in [2.75, 3.05) is 13.2 Å². The van der Waals surface area contributed by atoms with E-state index in [1.807, 2.05) is 13.8 Å². The number of ketones is 4. The Balaban J connectivity index is 0.000000172. The molecule has 0 unspecified atom stereocenters. The van der Waals surface area contributed by atoms with Gasteiger partial charge in [-0.3, -0.25) is 19.2 Å². The van der Waals surface area contributed by atoms with Crippen LogP contribution in [0.3, 0.4) is 0 Å². The molecule has 18 atom stereocenters. The lowest BCUT2D eigenvalue weighted by molar-refractivity contribution is -0.186. The van der Waals surface area contributed by atoms with Crippen molar-refractivity contribution in [2.45, 2.75) is 116 Å². The summed E-state index contributed by atoms with van der Waals surface area (Å²) in [6.45, 7) is 9.43. The zero-order valence-corrected chi connectivity index (χ0v) is 33.1. The molecule has 0 amide bonds. The van der Waals surface area contributed by atoms with Gasteiger partial charge in [0, 0.05) is 33.5 Å². The van der Waals surface area contributed by atoms with Crippen LogP contribution in [0.2, 0.25) is 0 Å². The minimum atomic E-state index is -1.74. The minimum absolute atomic E-state index is 0.154. The van der Waals surface area contributed by atoms with Crippen molar-refractivity contribution in [1.29, 1.82) is 0 Å². The molecule has 0 aliphatic heterocycles. The number of aliphatic hydroxyl groups is 6. The van der Waals surface area contributed by atoms with Crippen molar-refractivity contribution < 1.29 is 58.6 Å². The van der Waals surface area contributed by atoms with Gasteiger partial charge in [-0.1, -0.05) is 53.7 Å². The average molecular weight is 785 g/mol. The van der Waals surface area contributed by atoms with Crippen LogP contribution in [0.4, 0.5) is 8.78 Å². The molecule has 0 heterocycles. The second-order valence-electron chi connectivity index (χ2n) is 19.6. The number of hydrogen-bond acceptors (Lipinski definition) is 10. The largest absolute Gasteiger partial charge is 0.393 e. The second-order valence-corrected chi connectivity index (χ2v) is 19.6. The van der Waals surface area contributed by atoms with Crippen LogP contribution >= 0.6 is 0 Å². The number of Topliss-reactive ketones (excluding diaryl/α,β-unsaturated/α-hetero) is 2. The predicted octanol–water partition coefficient (Wildman–Crippen LogP) is 3.50. The summed E-state index contributed by atoms with van der Waals surface area (Å²) in [7, 11) is 0. The lowest BCUT2D eigenvalue weighted by atomic mass is 9.46. The third kappa shape index (κ3) is 5.24. The molecule has 56 heavy (non-hydrogen) atoms. The van der Waals surface area contributed by atoms with Crippen LogP contribution in [-0.4, -0.2) is 103 Å². The maximum Gasteiger partial charge on any atom is 0.190 e. The number of alkyl halides is 2. The molecular weight excluding hydrogens is 726 g/mol. The van der Waals surface area contributed by atoms with Gasteiger partial charge in [-0.2, -0.15) is 0 Å². The fraction of sp³-hybridized carbons (Fsp3) is 0.727. The highest BCUT2D eigenvalue weighted by Crippen LogP contribution is 2.70. The SMILES string of the molecule is C[C@@H]1C[C@H]2[C@@H]3C[C@H](F)C4=CC(=O)C=C[C@]4(C)[C@H]3[C@@H](O)C[C@]2(C)[C@@]1(O)C(=O)CO.C[C@@H]1C[C@H]2[C@@H]3C[C@H](F)C4=CC(=O)C=C[C@]4(C)[C@H]3[C@@H](O)C[C@]2(C)[C@@]1(O)C(=O)CO. The van der Waals surface area contributed by atoms with Crippen LogP contribution in [0.15, 0.2) is 47.6 Å². The molecule has 8 aliphatic carbocycles. The van der Waals surface area contributed by atoms with E-state index in [9.17, 15) is 49.8 Å². The van der Waals surface area contributed by atoms with Gasteiger partial charge in [0.1, 0.15) is 36.8 Å². The number of hydrogen-bond donors (Lipinski definition) is 6. The fourth-order valence-electron chi connectivity index (χ4n) is 14.8. The molecule has 8 aliphatic rings. The Labute approximate surface area is 326 Å². The van der Waals surface area contributed by atoms with E-state index in [0.717, 1.165) is 0 Å². The van der Waals surface area contributed by atoms with Gasteiger partial charge in [-0.05, 0) is 109 Å². The molecule has 308 valence electrons. The van der Waals surface area contributed by atoms with Gasteiger partial charge >= 0.3 is 0 Å². The normalized spacial score (nSPS) is 52.5. The van der Waals surface area contributed by atoms with Crippen LogP contribution < -0.4 is 0 Å². The highest BCUT2D eigenvalue weighted by atomic mass is 19.1. The molecule has 0 aromatic heterocycles. The van der Waals surface area contributed by atoms with Crippen LogP contribution in [0, 0.1) is 69.0 Å². The van der Waals surface area contributed by atoms with E-state index < -0.39 is 82.2 Å². The minimum Gasteiger partial charge on any atom is -0.393 e. The summed E-state index contributed by atoms with van der Waals surface area (Å²) >= 11 is 0. The molecule has 6 saturated carbocycles. The summed E-state index contributed by atoms with van der Waals surface area (Å²) in [4.78, 5) is 48.8. The summed E-state index contributed by atoms with van der Waals surface area (Å²) in [6, 6.07) is 0. The highest BCUT2D eigenvalue weighted by molar-refractivity contribution is 6.02. The van der Waals surface area contributed by atoms with Crippen LogP contribution in [0.5, 0.6) is 0 Å². The molecule has 0 aromatic carbocycles. The van der Waals surface area contributed by atoms with Crippen molar-refractivity contribution >= 4 is 23.1 Å². The molecule has 6 N–H and O–H groups in total. The van der Waals surface area contributed by atoms with Crippen LogP contribution in [0.1, 0.15) is 80.1 Å². The first kappa shape index (κ1) is 41.4. The smallest absolute Gasteiger partial charge is 0.190 e. The van der Waals surface area contributed by atoms with Crippen molar-refractivity contribution in [3.05, 3.63) is 47.6 Å². The topological polar surface area (TPSA) is 190 Å². The average Bonchev–Trinajstić information content (AvgIpc) is 3.47. The highest BCUT2D eigenvalue weighted by Gasteiger charge is 2.72. The first-order valence-corrected chi connectivity index (χ1v) is 20.3. The lowest BCUT2D eigenvalue weighted by Gasteiger charge is -2.60. The van der Waals surface area contributed by atoms with Gasteiger partial charge < -0.3 is 30.6 Å². The summed E-state index contributed by atoms with van der Waals surface area (Å²) in [5.74, 6) is -3.84. The standard InChI is InChI=1S/2C22H29FO5/c2*1-11-6-14-13-8-16(23)15-7-12(25)4-5-20(15,2)19(13)17(26)9-21(14,3)22(11,28)18(27)10-24/h2*4-5,7,11,13-14,16-17,19,24,26,28H,6,8-10H2,1-3H3/t2*11-,13+,14+,16+,17+,19-,20+,21+,22+/m11/s1. The van der Waals surface area contributed by atoms with Gasteiger partial charge in [0.05, 0.1) is 12.2 Å².